The van der Waals surface area contributed by atoms with Crippen molar-refractivity contribution in [3.8, 4) is 0 Å². The number of aromatic nitrogens is 3. The van der Waals surface area contributed by atoms with Crippen LogP contribution in [0.15, 0.2) is 30.3 Å². The van der Waals surface area contributed by atoms with Gasteiger partial charge in [0.2, 0.25) is 5.91 Å². The summed E-state index contributed by atoms with van der Waals surface area (Å²) in [5, 5.41) is 6.45. The van der Waals surface area contributed by atoms with E-state index in [1.807, 2.05) is 24.1 Å². The first-order valence-corrected chi connectivity index (χ1v) is 11.1. The highest BCUT2D eigenvalue weighted by atomic mass is 32.1. The van der Waals surface area contributed by atoms with E-state index in [1.54, 1.807) is 17.5 Å². The largest absolute Gasteiger partial charge is 0.356 e. The van der Waals surface area contributed by atoms with Crippen LogP contribution in [0.4, 0.5) is 0 Å². The van der Waals surface area contributed by atoms with Crippen LogP contribution in [-0.4, -0.2) is 69.5 Å². The van der Waals surface area contributed by atoms with Crippen LogP contribution in [0.5, 0.6) is 0 Å². The van der Waals surface area contributed by atoms with Crippen molar-refractivity contribution in [2.24, 2.45) is 5.41 Å². The third kappa shape index (κ3) is 4.14. The minimum atomic E-state index is -0.267. The van der Waals surface area contributed by atoms with Gasteiger partial charge in [-0.25, -0.2) is 9.97 Å². The zero-order valence-corrected chi connectivity index (χ0v) is 17.4. The van der Waals surface area contributed by atoms with E-state index in [0.717, 1.165) is 63.4 Å². The summed E-state index contributed by atoms with van der Waals surface area (Å²) in [5.74, 6) is 0.250. The van der Waals surface area contributed by atoms with E-state index < -0.39 is 0 Å². The summed E-state index contributed by atoms with van der Waals surface area (Å²) in [7, 11) is 2.17. The van der Waals surface area contributed by atoms with Crippen molar-refractivity contribution in [2.75, 3.05) is 33.2 Å². The van der Waals surface area contributed by atoms with Crippen molar-refractivity contribution in [1.29, 1.82) is 0 Å². The Balaban J connectivity index is 1.41. The van der Waals surface area contributed by atoms with Crippen molar-refractivity contribution in [1.82, 2.24) is 29.7 Å². The Morgan fingerprint density at radius 1 is 1.36 bits per heavy atom. The lowest BCUT2D eigenvalue weighted by Gasteiger charge is -2.53. The standard InChI is InChI=1S/C20H30N6OS/c1-24-11-5-20(19(27)23-6-3-9-25-12-7-21-16-25)4-2-10-26(17(20)14-24)15-18-22-8-13-28-18/h7-8,12-13,16-17H,2-6,9-11,14-15H2,1H3,(H,23,27)/t17-,20+/m0/s1. The first kappa shape index (κ1) is 19.5. The van der Waals surface area contributed by atoms with Gasteiger partial charge in [0.25, 0.3) is 0 Å². The Hall–Kier alpha value is -1.77. The van der Waals surface area contributed by atoms with Gasteiger partial charge < -0.3 is 14.8 Å². The first-order valence-electron chi connectivity index (χ1n) is 10.2. The molecule has 28 heavy (non-hydrogen) atoms. The van der Waals surface area contributed by atoms with Crippen molar-refractivity contribution in [3.63, 3.8) is 0 Å². The average Bonchev–Trinajstić information content (AvgIpc) is 3.40. The number of rotatable bonds is 7. The van der Waals surface area contributed by atoms with Gasteiger partial charge in [-0.05, 0) is 45.8 Å². The van der Waals surface area contributed by atoms with Gasteiger partial charge in [0.1, 0.15) is 5.01 Å². The van der Waals surface area contributed by atoms with E-state index in [2.05, 4.69) is 36.7 Å². The van der Waals surface area contributed by atoms with E-state index in [1.165, 1.54) is 0 Å². The zero-order valence-electron chi connectivity index (χ0n) is 16.6. The molecule has 0 aliphatic carbocycles. The maximum atomic E-state index is 13.4. The fraction of sp³-hybridized carbons (Fsp3) is 0.650. The molecule has 0 unspecified atom stereocenters. The maximum Gasteiger partial charge on any atom is 0.227 e. The van der Waals surface area contributed by atoms with E-state index in [9.17, 15) is 4.79 Å². The molecule has 8 heteroatoms. The fourth-order valence-corrected chi connectivity index (χ4v) is 5.40. The molecule has 0 spiro atoms. The van der Waals surface area contributed by atoms with E-state index in [-0.39, 0.29) is 17.4 Å². The Morgan fingerprint density at radius 3 is 3.07 bits per heavy atom. The lowest BCUT2D eigenvalue weighted by molar-refractivity contribution is -0.145. The summed E-state index contributed by atoms with van der Waals surface area (Å²) in [6.45, 7) is 5.45. The molecule has 4 rings (SSSR count). The van der Waals surface area contributed by atoms with Crippen LogP contribution in [0.25, 0.3) is 0 Å². The normalized spacial score (nSPS) is 26.1. The number of imidazole rings is 1. The van der Waals surface area contributed by atoms with Crippen LogP contribution >= 0.6 is 11.3 Å². The Morgan fingerprint density at radius 2 is 2.29 bits per heavy atom. The van der Waals surface area contributed by atoms with Gasteiger partial charge in [-0.15, -0.1) is 11.3 Å². The minimum Gasteiger partial charge on any atom is -0.356 e. The van der Waals surface area contributed by atoms with Crippen molar-refractivity contribution in [3.05, 3.63) is 35.3 Å². The number of carbonyl (C=O) groups excluding carboxylic acids is 1. The summed E-state index contributed by atoms with van der Waals surface area (Å²) in [6.07, 6.45) is 11.4. The number of nitrogens with one attached hydrogen (secondary N) is 1. The first-order chi connectivity index (χ1) is 13.7. The summed E-state index contributed by atoms with van der Waals surface area (Å²) in [6, 6.07) is 0.262. The summed E-state index contributed by atoms with van der Waals surface area (Å²) < 4.78 is 2.05. The second kappa shape index (κ2) is 8.71. The number of aryl methyl sites for hydroxylation is 1. The molecule has 0 radical (unpaired) electrons. The maximum absolute atomic E-state index is 13.4. The number of hydrogen-bond donors (Lipinski definition) is 1. The molecule has 4 heterocycles. The molecule has 2 aromatic rings. The molecule has 2 saturated heterocycles. The van der Waals surface area contributed by atoms with Gasteiger partial charge in [0.05, 0.1) is 18.3 Å². The third-order valence-electron chi connectivity index (χ3n) is 6.28. The third-order valence-corrected chi connectivity index (χ3v) is 7.05. The fourth-order valence-electron chi connectivity index (χ4n) is 4.76. The van der Waals surface area contributed by atoms with Gasteiger partial charge in [0, 0.05) is 49.6 Å². The van der Waals surface area contributed by atoms with Crippen LogP contribution in [0.3, 0.4) is 0 Å². The van der Waals surface area contributed by atoms with Crippen molar-refractivity contribution >= 4 is 17.2 Å². The molecule has 0 saturated carbocycles. The summed E-state index contributed by atoms with van der Waals surface area (Å²) in [4.78, 5) is 26.8. The molecule has 1 N–H and O–H groups in total. The van der Waals surface area contributed by atoms with Crippen LogP contribution < -0.4 is 5.32 Å². The molecule has 2 atom stereocenters. The smallest absolute Gasteiger partial charge is 0.227 e. The second-order valence-electron chi connectivity index (χ2n) is 8.09. The lowest BCUT2D eigenvalue weighted by Crippen LogP contribution is -2.65. The monoisotopic (exact) mass is 402 g/mol. The molecule has 2 fully saturated rings. The van der Waals surface area contributed by atoms with Gasteiger partial charge >= 0.3 is 0 Å². The van der Waals surface area contributed by atoms with Crippen molar-refractivity contribution < 1.29 is 4.79 Å². The van der Waals surface area contributed by atoms with Crippen LogP contribution in [-0.2, 0) is 17.9 Å². The summed E-state index contributed by atoms with van der Waals surface area (Å²) in [5.41, 5.74) is -0.267. The quantitative estimate of drug-likeness (QED) is 0.716. The molecular formula is C20H30N6OS. The zero-order chi connectivity index (χ0) is 19.4. The van der Waals surface area contributed by atoms with Gasteiger partial charge in [-0.1, -0.05) is 0 Å². The van der Waals surface area contributed by atoms with E-state index in [4.69, 9.17) is 0 Å². The highest BCUT2D eigenvalue weighted by Gasteiger charge is 2.52. The molecule has 1 amide bonds. The van der Waals surface area contributed by atoms with E-state index in [0.29, 0.717) is 6.54 Å². The van der Waals surface area contributed by atoms with Crippen molar-refractivity contribution in [2.45, 2.75) is 44.8 Å². The number of carbonyl (C=O) groups is 1. The van der Waals surface area contributed by atoms with Crippen LogP contribution in [0, 0.1) is 5.41 Å². The number of fused-ring (bicyclic) bond motifs is 1. The number of piperidine rings is 2. The van der Waals surface area contributed by atoms with E-state index >= 15 is 0 Å². The molecule has 2 aliphatic rings. The number of likely N-dealkylation sites (N-methyl/N-ethyl adjacent to an activating group) is 1. The lowest BCUT2D eigenvalue weighted by atomic mass is 9.67. The molecule has 7 nitrogen and oxygen atoms in total. The number of likely N-dealkylation sites (tertiary alicyclic amines) is 2. The highest BCUT2D eigenvalue weighted by Crippen LogP contribution is 2.43. The number of amides is 1. The number of hydrogen-bond acceptors (Lipinski definition) is 6. The van der Waals surface area contributed by atoms with Gasteiger partial charge in [0.15, 0.2) is 0 Å². The average molecular weight is 403 g/mol. The van der Waals surface area contributed by atoms with Gasteiger partial charge in [-0.2, -0.15) is 0 Å². The van der Waals surface area contributed by atoms with Crippen LogP contribution in [0.1, 0.15) is 30.7 Å². The molecule has 2 aromatic heterocycles. The number of nitrogens with zero attached hydrogens (tertiary/aromatic N) is 5. The Labute approximate surface area is 170 Å². The molecule has 2 aliphatic heterocycles. The van der Waals surface area contributed by atoms with Gasteiger partial charge in [-0.3, -0.25) is 9.69 Å². The Kier molecular flexibility index (Phi) is 6.08. The predicted octanol–water partition coefficient (Wildman–Crippen LogP) is 1.83. The topological polar surface area (TPSA) is 66.3 Å². The SMILES string of the molecule is CN1CC[C@]2(C(=O)NCCCn3ccnc3)CCCN(Cc3nccs3)[C@H]2C1. The number of thiazole rings is 1. The Bertz CT molecular complexity index is 749. The summed E-state index contributed by atoms with van der Waals surface area (Å²) >= 11 is 1.71. The molecule has 0 aromatic carbocycles. The minimum absolute atomic E-state index is 0.250. The molecule has 0 bridgehead atoms. The second-order valence-corrected chi connectivity index (χ2v) is 9.07. The molecular weight excluding hydrogens is 372 g/mol. The predicted molar refractivity (Wildman–Crippen MR) is 110 cm³/mol. The highest BCUT2D eigenvalue weighted by molar-refractivity contribution is 7.09. The van der Waals surface area contributed by atoms with Crippen LogP contribution in [0.2, 0.25) is 0 Å². The molecule has 152 valence electrons.